The summed E-state index contributed by atoms with van der Waals surface area (Å²) < 4.78 is 26.3. The van der Waals surface area contributed by atoms with Crippen molar-refractivity contribution < 1.29 is 8.63 Å². The van der Waals surface area contributed by atoms with Crippen molar-refractivity contribution in [3.05, 3.63) is 40.3 Å². The molecular weight excluding hydrogens is 244 g/mol. The highest BCUT2D eigenvalue weighted by Gasteiger charge is 2.22. The van der Waals surface area contributed by atoms with E-state index in [1.165, 1.54) is 6.07 Å². The van der Waals surface area contributed by atoms with Crippen molar-refractivity contribution in [1.82, 2.24) is 4.48 Å². The molecule has 0 spiro atoms. The van der Waals surface area contributed by atoms with Crippen LogP contribution in [0.4, 0.5) is 8.63 Å². The van der Waals surface area contributed by atoms with Crippen LogP contribution >= 0.6 is 11.6 Å². The molecule has 0 saturated carbocycles. The Hall–Kier alpha value is -1.36. The Labute approximate surface area is 103 Å². The zero-order chi connectivity index (χ0) is 12.6. The molecule has 6 heteroatoms. The van der Waals surface area contributed by atoms with Crippen LogP contribution in [0.2, 0.25) is 5.15 Å². The fraction of sp³-hybridized carbons (Fsp3) is 0.182. The lowest BCUT2D eigenvalue weighted by molar-refractivity contribution is 0.629. The maximum atomic E-state index is 12.8. The molecule has 88 valence electrons. The lowest BCUT2D eigenvalue weighted by atomic mass is 10.1. The molecule has 0 radical (unpaired) electrons. The molecule has 0 aliphatic carbocycles. The van der Waals surface area contributed by atoms with E-state index in [1.54, 1.807) is 12.1 Å². The zero-order valence-corrected chi connectivity index (χ0v) is 10.2. The number of aliphatic imine (C=N–C) groups is 1. The third-order valence-electron chi connectivity index (χ3n) is 2.51. The van der Waals surface area contributed by atoms with Gasteiger partial charge >= 0.3 is 7.40 Å². The van der Waals surface area contributed by atoms with Crippen LogP contribution in [0.25, 0.3) is 6.08 Å². The fourth-order valence-corrected chi connectivity index (χ4v) is 1.98. The zero-order valence-electron chi connectivity index (χ0n) is 9.42. The number of nitrogens with zero attached hydrogens (tertiary/aromatic N) is 2. The lowest BCUT2D eigenvalue weighted by Crippen LogP contribution is -2.14. The second-order valence-electron chi connectivity index (χ2n) is 3.84. The van der Waals surface area contributed by atoms with Gasteiger partial charge in [0.25, 0.3) is 0 Å². The van der Waals surface area contributed by atoms with E-state index in [1.807, 2.05) is 19.9 Å². The van der Waals surface area contributed by atoms with Crippen molar-refractivity contribution in [3.63, 3.8) is 0 Å². The van der Waals surface area contributed by atoms with Crippen LogP contribution < -0.4 is 0 Å². The third-order valence-corrected chi connectivity index (χ3v) is 2.81. The minimum atomic E-state index is -2.65. The molecule has 2 rings (SSSR count). The molecule has 1 aromatic heterocycles. The van der Waals surface area contributed by atoms with Gasteiger partial charge < -0.3 is 4.48 Å². The van der Waals surface area contributed by atoms with Gasteiger partial charge in [0.1, 0.15) is 5.15 Å². The van der Waals surface area contributed by atoms with Gasteiger partial charge in [0.15, 0.2) is 0 Å². The lowest BCUT2D eigenvalue weighted by Gasteiger charge is -2.04. The first kappa shape index (κ1) is 12.1. The Morgan fingerprint density at radius 2 is 2.06 bits per heavy atom. The minimum absolute atomic E-state index is 0.0205. The minimum Gasteiger partial charge on any atom is -0.316 e. The number of rotatable bonds is 2. The Balaban J connectivity index is 2.44. The van der Waals surface area contributed by atoms with Crippen LogP contribution in [-0.4, -0.2) is 17.6 Å². The Bertz CT molecular complexity index is 544. The van der Waals surface area contributed by atoms with Gasteiger partial charge in [-0.3, -0.25) is 13.6 Å². The maximum absolute atomic E-state index is 12.8. The second-order valence-corrected chi connectivity index (χ2v) is 4.23. The first-order chi connectivity index (χ1) is 7.99. The topological polar surface area (TPSA) is 17.3 Å². The number of hydrogen-bond acceptors (Lipinski definition) is 1. The average molecular weight is 254 g/mol. The van der Waals surface area contributed by atoms with E-state index < -0.39 is 7.40 Å². The molecule has 0 saturated heterocycles. The van der Waals surface area contributed by atoms with Crippen molar-refractivity contribution in [3.8, 4) is 0 Å². The molecule has 1 aromatic rings. The van der Waals surface area contributed by atoms with Gasteiger partial charge in [-0.2, -0.15) is 0 Å². The molecule has 2 nitrogen and oxygen atoms in total. The van der Waals surface area contributed by atoms with Gasteiger partial charge in [0.05, 0.1) is 5.70 Å². The van der Waals surface area contributed by atoms with E-state index >= 15 is 0 Å². The first-order valence-corrected chi connectivity index (χ1v) is 5.47. The monoisotopic (exact) mass is 254 g/mol. The van der Waals surface area contributed by atoms with E-state index in [0.717, 1.165) is 15.8 Å². The molecule has 1 aliphatic rings. The van der Waals surface area contributed by atoms with Crippen LogP contribution in [-0.2, 0) is 0 Å². The van der Waals surface area contributed by atoms with E-state index in [-0.39, 0.29) is 5.15 Å². The molecule has 2 heterocycles. The second kappa shape index (κ2) is 4.49. The predicted molar refractivity (Wildman–Crippen MR) is 67.7 cm³/mol. The maximum Gasteiger partial charge on any atom is 0.678 e. The van der Waals surface area contributed by atoms with Crippen molar-refractivity contribution in [2.75, 3.05) is 0 Å². The van der Waals surface area contributed by atoms with E-state index in [4.69, 9.17) is 11.6 Å². The highest BCUT2D eigenvalue weighted by atomic mass is 35.5. The Morgan fingerprint density at radius 3 is 2.59 bits per heavy atom. The first-order valence-electron chi connectivity index (χ1n) is 5.09. The standard InChI is InChI=1S/C11H10BClF2N2/c1-7-5-8(2)16-10(7)6-9-3-4-11(13)17(9)12(14)15/h3-6H,1-2H3/b10-6-. The molecular formula is C11H10BClF2N2. The SMILES string of the molecule is CC1=CC(C)=N/C1=C\c1ccc(Cl)n1B(F)F. The summed E-state index contributed by atoms with van der Waals surface area (Å²) in [5.74, 6) is 0. The summed E-state index contributed by atoms with van der Waals surface area (Å²) in [5, 5.41) is 0.0205. The van der Waals surface area contributed by atoms with Gasteiger partial charge in [0, 0.05) is 11.4 Å². The smallest absolute Gasteiger partial charge is 0.316 e. The van der Waals surface area contributed by atoms with Crippen molar-refractivity contribution in [2.24, 2.45) is 4.99 Å². The molecule has 0 bridgehead atoms. The average Bonchev–Trinajstić information content (AvgIpc) is 2.71. The third kappa shape index (κ3) is 2.34. The molecule has 17 heavy (non-hydrogen) atoms. The number of aromatic nitrogens is 1. The van der Waals surface area contributed by atoms with Crippen LogP contribution in [0.15, 0.2) is 34.5 Å². The summed E-state index contributed by atoms with van der Waals surface area (Å²) in [7, 11) is -2.65. The van der Waals surface area contributed by atoms with E-state index in [9.17, 15) is 8.63 Å². The summed E-state index contributed by atoms with van der Waals surface area (Å²) in [5.41, 5.74) is 2.88. The molecule has 0 N–H and O–H groups in total. The van der Waals surface area contributed by atoms with Crippen molar-refractivity contribution in [2.45, 2.75) is 13.8 Å². The molecule has 0 amide bonds. The molecule has 0 atom stereocenters. The highest BCUT2D eigenvalue weighted by molar-refractivity contribution is 6.45. The Kier molecular flexibility index (Phi) is 3.20. The summed E-state index contributed by atoms with van der Waals surface area (Å²) >= 11 is 5.69. The number of hydrogen-bond donors (Lipinski definition) is 0. The van der Waals surface area contributed by atoms with Crippen molar-refractivity contribution >= 4 is 30.8 Å². The van der Waals surface area contributed by atoms with Gasteiger partial charge in [-0.1, -0.05) is 11.6 Å². The van der Waals surface area contributed by atoms with Crippen LogP contribution in [0.5, 0.6) is 0 Å². The fourth-order valence-electron chi connectivity index (χ4n) is 1.75. The van der Waals surface area contributed by atoms with Gasteiger partial charge in [-0.05, 0) is 43.7 Å². The summed E-state index contributed by atoms with van der Waals surface area (Å²) in [4.78, 5) is 4.26. The van der Waals surface area contributed by atoms with Crippen molar-refractivity contribution in [1.29, 1.82) is 0 Å². The van der Waals surface area contributed by atoms with Crippen LogP contribution in [0.3, 0.4) is 0 Å². The summed E-state index contributed by atoms with van der Waals surface area (Å²) in [6.07, 6.45) is 3.52. The molecule has 1 aliphatic heterocycles. The highest BCUT2D eigenvalue weighted by Crippen LogP contribution is 2.24. The normalized spacial score (nSPS) is 17.4. The van der Waals surface area contributed by atoms with Gasteiger partial charge in [0.2, 0.25) is 0 Å². The molecule has 0 aromatic carbocycles. The van der Waals surface area contributed by atoms with Gasteiger partial charge in [-0.25, -0.2) is 0 Å². The van der Waals surface area contributed by atoms with Crippen LogP contribution in [0.1, 0.15) is 19.5 Å². The summed E-state index contributed by atoms with van der Waals surface area (Å²) in [6.45, 7) is 3.76. The van der Waals surface area contributed by atoms with E-state index in [0.29, 0.717) is 11.4 Å². The number of halogens is 3. The predicted octanol–water partition coefficient (Wildman–Crippen LogP) is 3.68. The van der Waals surface area contributed by atoms with Crippen LogP contribution in [0, 0.1) is 0 Å². The molecule has 0 fully saturated rings. The Morgan fingerprint density at radius 1 is 1.35 bits per heavy atom. The van der Waals surface area contributed by atoms with E-state index in [2.05, 4.69) is 4.99 Å². The molecule has 0 unspecified atom stereocenters. The van der Waals surface area contributed by atoms with Gasteiger partial charge in [-0.15, -0.1) is 0 Å². The quantitative estimate of drug-likeness (QED) is 0.717. The largest absolute Gasteiger partial charge is 0.678 e. The number of allylic oxidation sites excluding steroid dienone is 2. The summed E-state index contributed by atoms with van der Waals surface area (Å²) in [6, 6.07) is 3.00.